The van der Waals surface area contributed by atoms with E-state index >= 15 is 0 Å². The Morgan fingerprint density at radius 3 is 2.53 bits per heavy atom. The lowest BCUT2D eigenvalue weighted by Gasteiger charge is -2.17. The highest BCUT2D eigenvalue weighted by molar-refractivity contribution is 5.44. The lowest BCUT2D eigenvalue weighted by Crippen LogP contribution is -2.24. The molecule has 0 aliphatic carbocycles. The number of nitrogens with one attached hydrogen (secondary N) is 1. The Labute approximate surface area is 98.7 Å². The number of likely N-dealkylation sites (N-methyl/N-ethyl adjacent to an activating group) is 1. The molecule has 0 amide bonds. The van der Waals surface area contributed by atoms with Crippen LogP contribution in [0.4, 0.5) is 8.78 Å². The SMILES string of the molecule is CNC(CN)c1ccc(OC)c(OC(F)F)c1. The van der Waals surface area contributed by atoms with Crippen LogP contribution in [0.3, 0.4) is 0 Å². The van der Waals surface area contributed by atoms with Gasteiger partial charge in [0.2, 0.25) is 0 Å². The molecule has 1 aromatic carbocycles. The van der Waals surface area contributed by atoms with Gasteiger partial charge in [-0.2, -0.15) is 8.78 Å². The molecule has 0 heterocycles. The summed E-state index contributed by atoms with van der Waals surface area (Å²) in [7, 11) is 3.14. The van der Waals surface area contributed by atoms with E-state index in [1.165, 1.54) is 13.2 Å². The van der Waals surface area contributed by atoms with Crippen LogP contribution in [0.5, 0.6) is 11.5 Å². The fourth-order valence-corrected chi connectivity index (χ4v) is 1.52. The van der Waals surface area contributed by atoms with Crippen LogP contribution in [0.1, 0.15) is 11.6 Å². The van der Waals surface area contributed by atoms with Gasteiger partial charge in [-0.3, -0.25) is 0 Å². The monoisotopic (exact) mass is 246 g/mol. The van der Waals surface area contributed by atoms with Gasteiger partial charge >= 0.3 is 6.61 Å². The van der Waals surface area contributed by atoms with E-state index in [1.807, 2.05) is 0 Å². The first-order valence-corrected chi connectivity index (χ1v) is 5.12. The van der Waals surface area contributed by atoms with Crippen molar-refractivity contribution < 1.29 is 18.3 Å². The zero-order valence-corrected chi connectivity index (χ0v) is 9.74. The van der Waals surface area contributed by atoms with Crippen LogP contribution in [0, 0.1) is 0 Å². The van der Waals surface area contributed by atoms with Crippen LogP contribution in [-0.4, -0.2) is 27.3 Å². The van der Waals surface area contributed by atoms with Gasteiger partial charge in [0.25, 0.3) is 0 Å². The number of methoxy groups -OCH3 is 1. The largest absolute Gasteiger partial charge is 0.493 e. The summed E-state index contributed by atoms with van der Waals surface area (Å²) in [6.07, 6.45) is 0. The van der Waals surface area contributed by atoms with Gasteiger partial charge in [-0.05, 0) is 24.7 Å². The van der Waals surface area contributed by atoms with E-state index in [1.54, 1.807) is 19.2 Å². The van der Waals surface area contributed by atoms with E-state index in [4.69, 9.17) is 10.5 Å². The second kappa shape index (κ2) is 6.36. The van der Waals surface area contributed by atoms with Gasteiger partial charge in [-0.1, -0.05) is 6.07 Å². The normalized spacial score (nSPS) is 12.6. The number of halogens is 2. The van der Waals surface area contributed by atoms with Crippen LogP contribution in [-0.2, 0) is 0 Å². The second-order valence-electron chi connectivity index (χ2n) is 3.37. The summed E-state index contributed by atoms with van der Waals surface area (Å²) in [6.45, 7) is -2.53. The van der Waals surface area contributed by atoms with Crippen molar-refractivity contribution in [3.05, 3.63) is 23.8 Å². The van der Waals surface area contributed by atoms with Crippen LogP contribution >= 0.6 is 0 Å². The molecule has 96 valence electrons. The summed E-state index contributed by atoms with van der Waals surface area (Å²) in [4.78, 5) is 0. The van der Waals surface area contributed by atoms with Crippen molar-refractivity contribution in [1.82, 2.24) is 5.32 Å². The summed E-state index contributed by atoms with van der Waals surface area (Å²) in [5.41, 5.74) is 6.32. The third kappa shape index (κ3) is 3.54. The summed E-state index contributed by atoms with van der Waals surface area (Å²) in [6, 6.07) is 4.72. The Hall–Kier alpha value is -1.40. The summed E-state index contributed by atoms with van der Waals surface area (Å²) in [5, 5.41) is 2.98. The van der Waals surface area contributed by atoms with Crippen molar-refractivity contribution in [3.63, 3.8) is 0 Å². The first kappa shape index (κ1) is 13.7. The molecular weight excluding hydrogens is 230 g/mol. The van der Waals surface area contributed by atoms with Crippen LogP contribution in [0.15, 0.2) is 18.2 Å². The Morgan fingerprint density at radius 2 is 2.06 bits per heavy atom. The van der Waals surface area contributed by atoms with Crippen molar-refractivity contribution in [2.75, 3.05) is 20.7 Å². The maximum Gasteiger partial charge on any atom is 0.387 e. The molecule has 0 bridgehead atoms. The van der Waals surface area contributed by atoms with E-state index in [0.717, 1.165) is 5.56 Å². The molecule has 0 aliphatic rings. The number of nitrogens with two attached hydrogens (primary N) is 1. The standard InChI is InChI=1S/C11H16F2N2O2/c1-15-8(6-14)7-3-4-9(16-2)10(5-7)17-11(12)13/h3-5,8,11,15H,6,14H2,1-2H3. The Morgan fingerprint density at radius 1 is 1.35 bits per heavy atom. The number of rotatable bonds is 6. The molecule has 0 radical (unpaired) electrons. The molecule has 6 heteroatoms. The molecular formula is C11H16F2N2O2. The van der Waals surface area contributed by atoms with Crippen molar-refractivity contribution in [2.24, 2.45) is 5.73 Å². The minimum atomic E-state index is -2.88. The smallest absolute Gasteiger partial charge is 0.387 e. The predicted molar refractivity (Wildman–Crippen MR) is 60.5 cm³/mol. The molecule has 3 N–H and O–H groups in total. The molecule has 1 aromatic rings. The summed E-state index contributed by atoms with van der Waals surface area (Å²) >= 11 is 0. The topological polar surface area (TPSA) is 56.5 Å². The highest BCUT2D eigenvalue weighted by Gasteiger charge is 2.14. The Balaban J connectivity index is 3.03. The minimum Gasteiger partial charge on any atom is -0.493 e. The molecule has 1 atom stereocenters. The maximum atomic E-state index is 12.2. The number of ether oxygens (including phenoxy) is 2. The van der Waals surface area contributed by atoms with Crippen molar-refractivity contribution >= 4 is 0 Å². The Bertz CT molecular complexity index is 357. The van der Waals surface area contributed by atoms with Crippen molar-refractivity contribution in [3.8, 4) is 11.5 Å². The molecule has 0 fully saturated rings. The van der Waals surface area contributed by atoms with Crippen molar-refractivity contribution in [1.29, 1.82) is 0 Å². The van der Waals surface area contributed by atoms with Gasteiger partial charge in [-0.15, -0.1) is 0 Å². The molecule has 17 heavy (non-hydrogen) atoms. The lowest BCUT2D eigenvalue weighted by atomic mass is 10.1. The fourth-order valence-electron chi connectivity index (χ4n) is 1.52. The van der Waals surface area contributed by atoms with Gasteiger partial charge in [0.15, 0.2) is 11.5 Å². The molecule has 0 saturated carbocycles. The number of benzene rings is 1. The summed E-state index contributed by atoms with van der Waals surface area (Å²) < 4.78 is 33.8. The summed E-state index contributed by atoms with van der Waals surface area (Å²) in [5.74, 6) is 0.273. The van der Waals surface area contributed by atoms with Crippen molar-refractivity contribution in [2.45, 2.75) is 12.7 Å². The van der Waals surface area contributed by atoms with Gasteiger partial charge < -0.3 is 20.5 Å². The molecule has 0 saturated heterocycles. The number of alkyl halides is 2. The minimum absolute atomic E-state index is 0.00806. The fraction of sp³-hybridized carbons (Fsp3) is 0.455. The molecule has 1 rings (SSSR count). The molecule has 0 spiro atoms. The van der Waals surface area contributed by atoms with E-state index in [-0.39, 0.29) is 17.5 Å². The molecule has 4 nitrogen and oxygen atoms in total. The van der Waals surface area contributed by atoms with E-state index in [2.05, 4.69) is 10.1 Å². The number of hydrogen-bond donors (Lipinski definition) is 2. The van der Waals surface area contributed by atoms with Crippen LogP contribution in [0.2, 0.25) is 0 Å². The van der Waals surface area contributed by atoms with Crippen LogP contribution in [0.25, 0.3) is 0 Å². The zero-order chi connectivity index (χ0) is 12.8. The van der Waals surface area contributed by atoms with Gasteiger partial charge in [0.1, 0.15) is 0 Å². The Kier molecular flexibility index (Phi) is 5.11. The average molecular weight is 246 g/mol. The second-order valence-corrected chi connectivity index (χ2v) is 3.37. The quantitative estimate of drug-likeness (QED) is 0.799. The van der Waals surface area contributed by atoms with E-state index in [9.17, 15) is 8.78 Å². The molecule has 0 aliphatic heterocycles. The first-order valence-electron chi connectivity index (χ1n) is 5.12. The highest BCUT2D eigenvalue weighted by Crippen LogP contribution is 2.31. The lowest BCUT2D eigenvalue weighted by molar-refractivity contribution is -0.0512. The first-order chi connectivity index (χ1) is 8.12. The molecule has 1 unspecified atom stereocenters. The number of hydrogen-bond acceptors (Lipinski definition) is 4. The molecule has 0 aromatic heterocycles. The van der Waals surface area contributed by atoms with Crippen LogP contribution < -0.4 is 20.5 Å². The van der Waals surface area contributed by atoms with Gasteiger partial charge in [0, 0.05) is 12.6 Å². The van der Waals surface area contributed by atoms with Gasteiger partial charge in [0.05, 0.1) is 7.11 Å². The van der Waals surface area contributed by atoms with E-state index < -0.39 is 6.61 Å². The third-order valence-corrected chi connectivity index (χ3v) is 2.39. The third-order valence-electron chi connectivity index (χ3n) is 2.39. The van der Waals surface area contributed by atoms with Gasteiger partial charge in [-0.25, -0.2) is 0 Å². The van der Waals surface area contributed by atoms with E-state index in [0.29, 0.717) is 6.54 Å². The maximum absolute atomic E-state index is 12.2. The zero-order valence-electron chi connectivity index (χ0n) is 9.74. The average Bonchev–Trinajstić information content (AvgIpc) is 2.30. The predicted octanol–water partition coefficient (Wildman–Crippen LogP) is 1.52. The highest BCUT2D eigenvalue weighted by atomic mass is 19.3.